The van der Waals surface area contributed by atoms with Crippen LogP contribution >= 0.6 is 0 Å². The van der Waals surface area contributed by atoms with Crippen molar-refractivity contribution in [2.45, 2.75) is 322 Å². The van der Waals surface area contributed by atoms with Gasteiger partial charge >= 0.3 is 17.9 Å². The van der Waals surface area contributed by atoms with Crippen molar-refractivity contribution in [3.63, 3.8) is 0 Å². The van der Waals surface area contributed by atoms with Crippen LogP contribution in [0.2, 0.25) is 0 Å². The maximum Gasteiger partial charge on any atom is 0.306 e. The number of carbonyl (C=O) groups excluding carboxylic acids is 3. The lowest BCUT2D eigenvalue weighted by atomic mass is 10.1. The summed E-state index contributed by atoms with van der Waals surface area (Å²) in [4.78, 5) is 38.5. The second-order valence-corrected chi connectivity index (χ2v) is 22.3. The third-order valence-electron chi connectivity index (χ3n) is 14.4. The van der Waals surface area contributed by atoms with Crippen molar-refractivity contribution in [2.24, 2.45) is 0 Å². The zero-order chi connectivity index (χ0) is 58.5. The van der Waals surface area contributed by atoms with Crippen molar-refractivity contribution < 1.29 is 28.6 Å². The molecule has 0 aromatic heterocycles. The average Bonchev–Trinajstić information content (AvgIpc) is 3.47. The van der Waals surface area contributed by atoms with Gasteiger partial charge in [0.2, 0.25) is 0 Å². The monoisotopic (exact) mass is 1120 g/mol. The van der Waals surface area contributed by atoms with Crippen LogP contribution < -0.4 is 0 Å². The van der Waals surface area contributed by atoms with E-state index in [0.717, 1.165) is 135 Å². The quantitative estimate of drug-likeness (QED) is 0.0261. The number of ether oxygens (including phenoxy) is 3. The molecule has 0 aliphatic carbocycles. The van der Waals surface area contributed by atoms with E-state index >= 15 is 0 Å². The van der Waals surface area contributed by atoms with E-state index in [1.165, 1.54) is 141 Å². The fraction of sp³-hybridized carbons (Fsp3) is 0.693. The van der Waals surface area contributed by atoms with E-state index in [-0.39, 0.29) is 31.1 Å². The van der Waals surface area contributed by atoms with Crippen LogP contribution in [0, 0.1) is 0 Å². The van der Waals surface area contributed by atoms with Gasteiger partial charge in [-0.15, -0.1) is 0 Å². The van der Waals surface area contributed by atoms with Crippen molar-refractivity contribution in [1.29, 1.82) is 0 Å². The van der Waals surface area contributed by atoms with Gasteiger partial charge in [0.15, 0.2) is 6.10 Å². The molecule has 0 fully saturated rings. The first-order valence-electron chi connectivity index (χ1n) is 34.0. The molecule has 0 N–H and O–H groups in total. The van der Waals surface area contributed by atoms with Gasteiger partial charge in [0, 0.05) is 19.3 Å². The second-order valence-electron chi connectivity index (χ2n) is 22.3. The summed E-state index contributed by atoms with van der Waals surface area (Å²) in [6.07, 6.45) is 94.8. The van der Waals surface area contributed by atoms with Crippen molar-refractivity contribution in [3.8, 4) is 0 Å². The maximum absolute atomic E-state index is 12.9. The fourth-order valence-electron chi connectivity index (χ4n) is 9.33. The molecular formula is C75H126O6. The predicted octanol–water partition coefficient (Wildman–Crippen LogP) is 23.6. The zero-order valence-corrected chi connectivity index (χ0v) is 53.0. The van der Waals surface area contributed by atoms with E-state index in [1.807, 2.05) is 0 Å². The number of unbranched alkanes of at least 4 members (excludes halogenated alkanes) is 30. The largest absolute Gasteiger partial charge is 0.462 e. The number of allylic oxidation sites excluding steroid dienone is 20. The molecule has 0 aliphatic rings. The van der Waals surface area contributed by atoms with Gasteiger partial charge in [-0.2, -0.15) is 0 Å². The molecule has 462 valence electrons. The van der Waals surface area contributed by atoms with Crippen LogP contribution in [0.15, 0.2) is 122 Å². The van der Waals surface area contributed by atoms with E-state index in [0.29, 0.717) is 19.3 Å². The Bertz CT molecular complexity index is 1670. The Morgan fingerprint density at radius 1 is 0.259 bits per heavy atom. The summed E-state index contributed by atoms with van der Waals surface area (Å²) in [6, 6.07) is 0. The Morgan fingerprint density at radius 2 is 0.481 bits per heavy atom. The Morgan fingerprint density at radius 3 is 0.790 bits per heavy atom. The third kappa shape index (κ3) is 66.5. The molecule has 0 saturated carbocycles. The molecule has 0 aliphatic heterocycles. The van der Waals surface area contributed by atoms with Gasteiger partial charge < -0.3 is 14.2 Å². The maximum atomic E-state index is 12.9. The lowest BCUT2D eigenvalue weighted by Gasteiger charge is -2.18. The van der Waals surface area contributed by atoms with Gasteiger partial charge in [-0.25, -0.2) is 0 Å². The minimum atomic E-state index is -0.798. The first-order chi connectivity index (χ1) is 40.0. The van der Waals surface area contributed by atoms with E-state index in [1.54, 1.807) is 0 Å². The van der Waals surface area contributed by atoms with Crippen LogP contribution in [0.1, 0.15) is 316 Å². The molecule has 0 heterocycles. The SMILES string of the molecule is CC/C=C\C/C=C\C/C=C\C/C=C\C/C=C\C/C=C\CCCCCCCCC(=O)OCC(COC(=O)CCCCCCCCCCC/C=C\CCCCCCCC)OC(=O)CCCCCCCC/C=C\C/C=C\C/C=C\CCCCC. The highest BCUT2D eigenvalue weighted by atomic mass is 16.6. The van der Waals surface area contributed by atoms with Crippen molar-refractivity contribution in [3.05, 3.63) is 122 Å². The average molecular weight is 1120 g/mol. The van der Waals surface area contributed by atoms with E-state index in [9.17, 15) is 14.4 Å². The first kappa shape index (κ1) is 76.8. The summed E-state index contributed by atoms with van der Waals surface area (Å²) in [5.41, 5.74) is 0. The van der Waals surface area contributed by atoms with Crippen LogP contribution in [0.3, 0.4) is 0 Å². The van der Waals surface area contributed by atoms with Gasteiger partial charge in [0.05, 0.1) is 0 Å². The van der Waals surface area contributed by atoms with E-state index in [2.05, 4.69) is 142 Å². The molecule has 1 unspecified atom stereocenters. The molecule has 0 spiro atoms. The number of hydrogen-bond donors (Lipinski definition) is 0. The molecule has 1 atom stereocenters. The molecule has 6 heteroatoms. The Kier molecular flexibility index (Phi) is 64.8. The van der Waals surface area contributed by atoms with Crippen LogP contribution in [-0.4, -0.2) is 37.2 Å². The highest BCUT2D eigenvalue weighted by Gasteiger charge is 2.19. The summed E-state index contributed by atoms with van der Waals surface area (Å²) in [5.74, 6) is -0.912. The molecule has 6 nitrogen and oxygen atoms in total. The molecular weight excluding hydrogens is 997 g/mol. The predicted molar refractivity (Wildman–Crippen MR) is 353 cm³/mol. The molecule has 0 saturated heterocycles. The standard InChI is InChI=1S/C75H126O6/c1-4-7-10-13-16-19-22-25-28-31-34-35-36-37-38-39-42-44-47-50-53-56-59-62-65-68-74(77)80-71-72(81-75(78)69-66-63-60-57-54-51-48-45-41-33-30-27-24-21-18-15-12-9-6-3)70-79-73(76)67-64-61-58-55-52-49-46-43-40-32-29-26-23-20-17-14-11-8-5-2/h7,10,16,18-19,21,25-30,34-35,37-38,41-42,44-45,72H,4-6,8-9,11-15,17,20,22-24,31-33,36,39-40,43,46-71H2,1-3H3/b10-7-,19-16-,21-18-,28-25-,29-26-,30-27-,35-34-,38-37-,44-42-,45-41-. The molecule has 81 heavy (non-hydrogen) atoms. The zero-order valence-electron chi connectivity index (χ0n) is 53.0. The summed E-state index contributed by atoms with van der Waals surface area (Å²) in [6.45, 7) is 6.50. The van der Waals surface area contributed by atoms with Crippen LogP contribution in [-0.2, 0) is 28.6 Å². The molecule has 0 radical (unpaired) electrons. The van der Waals surface area contributed by atoms with Gasteiger partial charge in [-0.3, -0.25) is 14.4 Å². The molecule has 0 amide bonds. The van der Waals surface area contributed by atoms with Crippen molar-refractivity contribution in [1.82, 2.24) is 0 Å². The van der Waals surface area contributed by atoms with Gasteiger partial charge in [0.1, 0.15) is 13.2 Å². The first-order valence-corrected chi connectivity index (χ1v) is 34.0. The molecule has 0 bridgehead atoms. The highest BCUT2D eigenvalue weighted by Crippen LogP contribution is 2.16. The van der Waals surface area contributed by atoms with Crippen molar-refractivity contribution >= 4 is 17.9 Å². The molecule has 0 aromatic rings. The molecule has 0 aromatic carbocycles. The number of rotatable bonds is 61. The Hall–Kier alpha value is -4.19. The number of hydrogen-bond acceptors (Lipinski definition) is 6. The number of carbonyl (C=O) groups is 3. The molecule has 0 rings (SSSR count). The lowest BCUT2D eigenvalue weighted by Crippen LogP contribution is -2.30. The minimum absolute atomic E-state index is 0.0907. The third-order valence-corrected chi connectivity index (χ3v) is 14.4. The Labute approximate surface area is 501 Å². The highest BCUT2D eigenvalue weighted by molar-refractivity contribution is 5.71. The van der Waals surface area contributed by atoms with Crippen molar-refractivity contribution in [2.75, 3.05) is 13.2 Å². The lowest BCUT2D eigenvalue weighted by molar-refractivity contribution is -0.167. The normalized spacial score (nSPS) is 12.9. The van der Waals surface area contributed by atoms with Gasteiger partial charge in [0.25, 0.3) is 0 Å². The summed E-state index contributed by atoms with van der Waals surface area (Å²) >= 11 is 0. The van der Waals surface area contributed by atoms with Crippen LogP contribution in [0.25, 0.3) is 0 Å². The summed E-state index contributed by atoms with van der Waals surface area (Å²) < 4.78 is 17.0. The van der Waals surface area contributed by atoms with Crippen LogP contribution in [0.5, 0.6) is 0 Å². The summed E-state index contributed by atoms with van der Waals surface area (Å²) in [7, 11) is 0. The van der Waals surface area contributed by atoms with Gasteiger partial charge in [-0.1, -0.05) is 284 Å². The minimum Gasteiger partial charge on any atom is -0.462 e. The number of esters is 3. The topological polar surface area (TPSA) is 78.9 Å². The van der Waals surface area contributed by atoms with E-state index in [4.69, 9.17) is 14.2 Å². The fourth-order valence-corrected chi connectivity index (χ4v) is 9.33. The van der Waals surface area contributed by atoms with E-state index < -0.39 is 6.10 Å². The van der Waals surface area contributed by atoms with Gasteiger partial charge in [-0.05, 0) is 135 Å². The Balaban J connectivity index is 4.44. The smallest absolute Gasteiger partial charge is 0.306 e. The summed E-state index contributed by atoms with van der Waals surface area (Å²) in [5, 5.41) is 0. The van der Waals surface area contributed by atoms with Crippen LogP contribution in [0.4, 0.5) is 0 Å². The second kappa shape index (κ2) is 68.3.